The number of rotatable bonds is 6. The zero-order chi connectivity index (χ0) is 29.9. The van der Waals surface area contributed by atoms with E-state index in [1.807, 2.05) is 22.3 Å². The van der Waals surface area contributed by atoms with Gasteiger partial charge in [-0.15, -0.1) is 0 Å². The first-order chi connectivity index (χ1) is 21.6. The van der Waals surface area contributed by atoms with E-state index in [1.54, 1.807) is 0 Å². The minimum atomic E-state index is 0.159. The minimum absolute atomic E-state index is 0.159. The second-order valence-corrected chi connectivity index (χ2v) is 21.2. The molecule has 2 nitrogen and oxygen atoms in total. The topological polar surface area (TPSA) is 21.8 Å². The van der Waals surface area contributed by atoms with Crippen molar-refractivity contribution < 1.29 is 9.47 Å². The molecular formula is C43H60O2. The van der Waals surface area contributed by atoms with E-state index in [9.17, 15) is 0 Å². The fourth-order valence-electron chi connectivity index (χ4n) is 16.6. The largest absolute Gasteiger partial charge is 0.490 e. The maximum Gasteiger partial charge on any atom is 0.123 e. The number of epoxide rings is 1. The Balaban J connectivity index is 1.20. The molecule has 0 radical (unpaired) electrons. The molecule has 0 spiro atoms. The van der Waals surface area contributed by atoms with Gasteiger partial charge in [0, 0.05) is 11.0 Å². The predicted octanol–water partition coefficient (Wildman–Crippen LogP) is 10.2. The minimum Gasteiger partial charge on any atom is -0.490 e. The monoisotopic (exact) mass is 608 g/mol. The SMILES string of the molecule is CC(C)(C)c1c(C23CC4CC(CC(C4)C2)C3)cc(OCC2CO2)c(C23CC4CC(CC(C4)C2)C3)c1C12CC3CC(CC(C3)C1)C2. The molecule has 2 heteroatoms. The molecular weight excluding hydrogens is 548 g/mol. The van der Waals surface area contributed by atoms with Crippen molar-refractivity contribution >= 4 is 0 Å². The zero-order valence-electron chi connectivity index (χ0n) is 28.8. The van der Waals surface area contributed by atoms with Crippen LogP contribution in [0.5, 0.6) is 5.75 Å². The first-order valence-corrected chi connectivity index (χ1v) is 20.1. The van der Waals surface area contributed by atoms with Crippen LogP contribution in [0.2, 0.25) is 0 Å². The highest BCUT2D eigenvalue weighted by molar-refractivity contribution is 5.62. The van der Waals surface area contributed by atoms with Crippen molar-refractivity contribution in [2.75, 3.05) is 13.2 Å². The van der Waals surface area contributed by atoms with E-state index in [4.69, 9.17) is 9.47 Å². The van der Waals surface area contributed by atoms with Crippen molar-refractivity contribution in [3.05, 3.63) is 28.3 Å². The van der Waals surface area contributed by atoms with Crippen LogP contribution >= 0.6 is 0 Å². The molecule has 1 aliphatic heterocycles. The fraction of sp³-hybridized carbons (Fsp3) is 0.860. The van der Waals surface area contributed by atoms with Crippen LogP contribution in [0.4, 0.5) is 0 Å². The van der Waals surface area contributed by atoms with E-state index in [2.05, 4.69) is 26.8 Å². The summed E-state index contributed by atoms with van der Waals surface area (Å²) in [5.74, 6) is 10.1. The van der Waals surface area contributed by atoms with Gasteiger partial charge in [-0.25, -0.2) is 0 Å². The summed E-state index contributed by atoms with van der Waals surface area (Å²) < 4.78 is 13.1. The van der Waals surface area contributed by atoms with Gasteiger partial charge in [-0.05, 0) is 208 Å². The van der Waals surface area contributed by atoms with Crippen LogP contribution in [0, 0.1) is 53.3 Å². The van der Waals surface area contributed by atoms with Gasteiger partial charge < -0.3 is 9.47 Å². The zero-order valence-corrected chi connectivity index (χ0v) is 28.8. The van der Waals surface area contributed by atoms with Crippen LogP contribution in [0.3, 0.4) is 0 Å². The summed E-state index contributed by atoms with van der Waals surface area (Å²) in [6.45, 7) is 9.58. The van der Waals surface area contributed by atoms with E-state index < -0.39 is 0 Å². The van der Waals surface area contributed by atoms with Crippen LogP contribution < -0.4 is 4.74 Å². The Morgan fingerprint density at radius 2 is 0.933 bits per heavy atom. The third-order valence-electron chi connectivity index (χ3n) is 16.6. The fourth-order valence-corrected chi connectivity index (χ4v) is 16.6. The number of hydrogen-bond donors (Lipinski definition) is 0. The quantitative estimate of drug-likeness (QED) is 0.300. The Hall–Kier alpha value is -1.02. The molecule has 1 aromatic carbocycles. The average molecular weight is 609 g/mol. The lowest BCUT2D eigenvalue weighted by molar-refractivity contribution is -0.0204. The van der Waals surface area contributed by atoms with Gasteiger partial charge in [-0.2, -0.15) is 0 Å². The Bertz CT molecular complexity index is 1300. The van der Waals surface area contributed by atoms with Gasteiger partial charge in [-0.1, -0.05) is 20.8 Å². The third kappa shape index (κ3) is 4.14. The highest BCUT2D eigenvalue weighted by atomic mass is 16.6. The molecule has 1 aromatic rings. The van der Waals surface area contributed by atoms with Crippen LogP contribution in [0.15, 0.2) is 6.07 Å². The van der Waals surface area contributed by atoms with E-state index in [0.717, 1.165) is 66.5 Å². The van der Waals surface area contributed by atoms with Gasteiger partial charge >= 0.3 is 0 Å². The van der Waals surface area contributed by atoms with Crippen molar-refractivity contribution in [1.29, 1.82) is 0 Å². The summed E-state index contributed by atoms with van der Waals surface area (Å²) in [5.41, 5.74) is 8.77. The van der Waals surface area contributed by atoms with E-state index >= 15 is 0 Å². The molecule has 12 aliphatic carbocycles. The Morgan fingerprint density at radius 3 is 1.29 bits per heavy atom. The molecule has 12 saturated carbocycles. The van der Waals surface area contributed by atoms with Gasteiger partial charge in [-0.3, -0.25) is 0 Å². The van der Waals surface area contributed by atoms with Crippen LogP contribution in [0.1, 0.15) is 159 Å². The standard InChI is InChI=1S/C43H60O2/c1-40(2,3)37-35(41-14-25-4-26(15-41)6-27(5-25)16-41)13-36(45-24-34-23-44-34)38(42-17-28-7-29(18-42)9-30(8-28)19-42)39(37)43-20-31-10-32(21-43)12-33(11-31)22-43/h13,25-34H,4-12,14-24H2,1-3H3. The molecule has 13 aliphatic rings. The van der Waals surface area contributed by atoms with E-state index in [0.29, 0.717) is 22.3 Å². The number of ether oxygens (including phenoxy) is 2. The Kier molecular flexibility index (Phi) is 5.67. The highest BCUT2D eigenvalue weighted by Crippen LogP contribution is 2.70. The van der Waals surface area contributed by atoms with Crippen molar-refractivity contribution in [2.24, 2.45) is 53.3 Å². The molecule has 1 saturated heterocycles. The molecule has 1 unspecified atom stereocenters. The number of benzene rings is 1. The van der Waals surface area contributed by atoms with Crippen molar-refractivity contribution in [2.45, 2.75) is 164 Å². The first kappa shape index (κ1) is 27.9. The van der Waals surface area contributed by atoms with Gasteiger partial charge in [0.25, 0.3) is 0 Å². The van der Waals surface area contributed by atoms with Crippen LogP contribution in [-0.4, -0.2) is 19.3 Å². The summed E-state index contributed by atoms with van der Waals surface area (Å²) >= 11 is 0. The molecule has 45 heavy (non-hydrogen) atoms. The summed E-state index contributed by atoms with van der Waals surface area (Å²) in [5, 5.41) is 0. The maximum absolute atomic E-state index is 7.30. The van der Waals surface area contributed by atoms with Crippen molar-refractivity contribution in [1.82, 2.24) is 0 Å². The predicted molar refractivity (Wildman–Crippen MR) is 180 cm³/mol. The second-order valence-electron chi connectivity index (χ2n) is 21.2. The summed E-state index contributed by atoms with van der Waals surface area (Å²) in [7, 11) is 0. The van der Waals surface area contributed by atoms with E-state index in [-0.39, 0.29) is 5.41 Å². The third-order valence-corrected chi connectivity index (χ3v) is 16.6. The second kappa shape index (κ2) is 9.15. The Labute approximate surface area is 273 Å². The van der Waals surface area contributed by atoms with Gasteiger partial charge in [0.1, 0.15) is 18.5 Å². The van der Waals surface area contributed by atoms with Crippen molar-refractivity contribution in [3.8, 4) is 5.75 Å². The summed E-state index contributed by atoms with van der Waals surface area (Å²) in [4.78, 5) is 0. The lowest BCUT2D eigenvalue weighted by Gasteiger charge is -2.63. The summed E-state index contributed by atoms with van der Waals surface area (Å²) in [6, 6.07) is 2.80. The molecule has 13 fully saturated rings. The molecule has 0 amide bonds. The maximum atomic E-state index is 7.30. The molecule has 1 heterocycles. The first-order valence-electron chi connectivity index (χ1n) is 20.1. The Morgan fingerprint density at radius 1 is 0.578 bits per heavy atom. The number of hydrogen-bond acceptors (Lipinski definition) is 2. The molecule has 14 rings (SSSR count). The smallest absolute Gasteiger partial charge is 0.123 e. The molecule has 1 atom stereocenters. The average Bonchev–Trinajstić information content (AvgIpc) is 3.77. The molecule has 0 N–H and O–H groups in total. The van der Waals surface area contributed by atoms with Crippen molar-refractivity contribution in [3.63, 3.8) is 0 Å². The highest BCUT2D eigenvalue weighted by Gasteiger charge is 2.60. The van der Waals surface area contributed by atoms with E-state index in [1.165, 1.54) is 121 Å². The van der Waals surface area contributed by atoms with Gasteiger partial charge in [0.05, 0.1) is 6.61 Å². The van der Waals surface area contributed by atoms with Gasteiger partial charge in [0.15, 0.2) is 0 Å². The summed E-state index contributed by atoms with van der Waals surface area (Å²) in [6.07, 6.45) is 27.3. The molecule has 12 bridgehead atoms. The molecule has 0 aromatic heterocycles. The normalized spacial score (nSPS) is 51.4. The molecule has 244 valence electrons. The lowest BCUT2D eigenvalue weighted by atomic mass is 9.42. The van der Waals surface area contributed by atoms with Crippen LogP contribution in [-0.2, 0) is 26.4 Å². The van der Waals surface area contributed by atoms with Crippen LogP contribution in [0.25, 0.3) is 0 Å². The lowest BCUT2D eigenvalue weighted by Crippen LogP contribution is -2.54. The van der Waals surface area contributed by atoms with Gasteiger partial charge in [0.2, 0.25) is 0 Å².